The Balaban J connectivity index is 1.77. The quantitative estimate of drug-likeness (QED) is 0.382. The van der Waals surface area contributed by atoms with Gasteiger partial charge in [0, 0.05) is 22.4 Å². The minimum absolute atomic E-state index is 0.271. The molecule has 0 saturated heterocycles. The van der Waals surface area contributed by atoms with Gasteiger partial charge in [0.05, 0.1) is 5.39 Å². The molecule has 4 rings (SSSR count). The number of nitrogens with one attached hydrogen (secondary N) is 1. The van der Waals surface area contributed by atoms with Crippen molar-refractivity contribution in [3.05, 3.63) is 76.1 Å². The largest absolute Gasteiger partial charge is 0.308 e. The van der Waals surface area contributed by atoms with Gasteiger partial charge in [-0.2, -0.15) is 0 Å². The number of aromatic nitrogens is 2. The van der Waals surface area contributed by atoms with E-state index in [0.717, 1.165) is 26.9 Å². The molecule has 0 bridgehead atoms. The zero-order valence-corrected chi connectivity index (χ0v) is 15.1. The lowest BCUT2D eigenvalue weighted by Gasteiger charge is -2.08. The van der Waals surface area contributed by atoms with Gasteiger partial charge >= 0.3 is 0 Å². The van der Waals surface area contributed by atoms with E-state index in [4.69, 9.17) is 17.4 Å². The monoisotopic (exact) mass is 384 g/mol. The minimum Gasteiger partial charge on any atom is -0.308 e. The van der Waals surface area contributed by atoms with Crippen molar-refractivity contribution < 1.29 is 4.39 Å². The minimum atomic E-state index is -0.271. The third kappa shape index (κ3) is 3.26. The average molecular weight is 385 g/mol. The molecular formula is C19H14ClFN4S. The van der Waals surface area contributed by atoms with Crippen molar-refractivity contribution in [3.8, 4) is 11.1 Å². The summed E-state index contributed by atoms with van der Waals surface area (Å²) in [7, 11) is 0. The number of rotatable bonds is 4. The van der Waals surface area contributed by atoms with E-state index in [1.165, 1.54) is 23.5 Å². The van der Waals surface area contributed by atoms with Crippen LogP contribution in [-0.2, 0) is 6.42 Å². The highest BCUT2D eigenvalue weighted by atomic mass is 35.5. The molecule has 0 aliphatic rings. The van der Waals surface area contributed by atoms with Crippen LogP contribution in [0.4, 0.5) is 10.2 Å². The summed E-state index contributed by atoms with van der Waals surface area (Å²) >= 11 is 7.44. The van der Waals surface area contributed by atoms with Gasteiger partial charge in [0.2, 0.25) is 0 Å². The van der Waals surface area contributed by atoms with Crippen molar-refractivity contribution in [2.24, 2.45) is 5.84 Å². The number of anilines is 1. The van der Waals surface area contributed by atoms with Crippen LogP contribution in [0.2, 0.25) is 5.02 Å². The molecule has 130 valence electrons. The zero-order valence-electron chi connectivity index (χ0n) is 13.5. The van der Waals surface area contributed by atoms with Crippen LogP contribution in [0.15, 0.2) is 53.9 Å². The lowest BCUT2D eigenvalue weighted by molar-refractivity contribution is 0.628. The van der Waals surface area contributed by atoms with Crippen molar-refractivity contribution in [1.82, 2.24) is 9.97 Å². The highest BCUT2D eigenvalue weighted by Gasteiger charge is 2.15. The number of fused-ring (bicyclic) bond motifs is 1. The van der Waals surface area contributed by atoms with Crippen LogP contribution in [-0.4, -0.2) is 9.97 Å². The molecule has 26 heavy (non-hydrogen) atoms. The van der Waals surface area contributed by atoms with Crippen molar-refractivity contribution in [3.63, 3.8) is 0 Å². The molecule has 2 aromatic heterocycles. The average Bonchev–Trinajstić information content (AvgIpc) is 3.07. The van der Waals surface area contributed by atoms with Crippen LogP contribution >= 0.6 is 22.9 Å². The van der Waals surface area contributed by atoms with E-state index in [1.54, 1.807) is 12.1 Å². The van der Waals surface area contributed by atoms with Gasteiger partial charge in [-0.1, -0.05) is 35.9 Å². The Hall–Kier alpha value is -2.54. The summed E-state index contributed by atoms with van der Waals surface area (Å²) in [5.74, 6) is 6.67. The fourth-order valence-electron chi connectivity index (χ4n) is 2.80. The first-order valence-corrected chi connectivity index (χ1v) is 9.15. The highest BCUT2D eigenvalue weighted by molar-refractivity contribution is 7.17. The number of hydrazine groups is 1. The molecule has 0 amide bonds. The molecule has 2 aromatic carbocycles. The van der Waals surface area contributed by atoms with Crippen LogP contribution in [0.25, 0.3) is 21.3 Å². The smallest absolute Gasteiger partial charge is 0.153 e. The summed E-state index contributed by atoms with van der Waals surface area (Å²) in [5, 5.41) is 3.51. The standard InChI is InChI=1S/C19H14ClFN4S/c20-13-5-1-11(2-6-13)9-16-23-18(25-22)17-15(10-26-19(17)24-16)12-3-7-14(21)8-4-12/h1-8,10H,9,22H2,(H,23,24,25). The summed E-state index contributed by atoms with van der Waals surface area (Å²) in [4.78, 5) is 10.1. The van der Waals surface area contributed by atoms with Crippen molar-refractivity contribution in [2.45, 2.75) is 6.42 Å². The third-order valence-corrected chi connectivity index (χ3v) is 5.17. The lowest BCUT2D eigenvalue weighted by atomic mass is 10.1. The molecule has 0 aliphatic carbocycles. The first-order valence-electron chi connectivity index (χ1n) is 7.89. The van der Waals surface area contributed by atoms with Crippen LogP contribution < -0.4 is 11.3 Å². The normalized spacial score (nSPS) is 11.0. The van der Waals surface area contributed by atoms with Crippen molar-refractivity contribution in [1.29, 1.82) is 0 Å². The van der Waals surface area contributed by atoms with Gasteiger partial charge in [-0.3, -0.25) is 0 Å². The molecule has 0 spiro atoms. The highest BCUT2D eigenvalue weighted by Crippen LogP contribution is 2.36. The van der Waals surface area contributed by atoms with Crippen LogP contribution in [0.3, 0.4) is 0 Å². The fourth-order valence-corrected chi connectivity index (χ4v) is 3.89. The van der Waals surface area contributed by atoms with Gasteiger partial charge in [0.1, 0.15) is 16.5 Å². The second-order valence-electron chi connectivity index (χ2n) is 5.77. The summed E-state index contributed by atoms with van der Waals surface area (Å²) in [6.07, 6.45) is 0.575. The van der Waals surface area contributed by atoms with Crippen LogP contribution in [0.1, 0.15) is 11.4 Å². The first kappa shape index (κ1) is 16.9. The van der Waals surface area contributed by atoms with Crippen LogP contribution in [0, 0.1) is 5.82 Å². The van der Waals surface area contributed by atoms with Gasteiger partial charge in [-0.15, -0.1) is 11.3 Å². The molecule has 3 N–H and O–H groups in total. The predicted molar refractivity (Wildman–Crippen MR) is 105 cm³/mol. The number of nitrogens with zero attached hydrogens (tertiary/aromatic N) is 2. The molecule has 4 aromatic rings. The summed E-state index contributed by atoms with van der Waals surface area (Å²) < 4.78 is 13.2. The van der Waals surface area contributed by atoms with E-state index in [1.807, 2.05) is 29.6 Å². The Labute approximate surface area is 158 Å². The van der Waals surface area contributed by atoms with Crippen LogP contribution in [0.5, 0.6) is 0 Å². The molecule has 2 heterocycles. The fraction of sp³-hybridized carbons (Fsp3) is 0.0526. The summed E-state index contributed by atoms with van der Waals surface area (Å²) in [6, 6.07) is 13.9. The molecule has 0 aliphatic heterocycles. The molecule has 0 unspecified atom stereocenters. The summed E-state index contributed by atoms with van der Waals surface area (Å²) in [5.41, 5.74) is 5.55. The lowest BCUT2D eigenvalue weighted by Crippen LogP contribution is -2.11. The van der Waals surface area contributed by atoms with E-state index in [0.29, 0.717) is 23.1 Å². The Bertz CT molecular complexity index is 1060. The number of benzene rings is 2. The Morgan fingerprint density at radius 2 is 1.77 bits per heavy atom. The molecular weight excluding hydrogens is 371 g/mol. The molecule has 0 saturated carbocycles. The number of nitrogens with two attached hydrogens (primary N) is 1. The molecule has 0 atom stereocenters. The number of nitrogen functional groups attached to an aromatic ring is 1. The van der Waals surface area contributed by atoms with Crippen molar-refractivity contribution >= 4 is 39.0 Å². The van der Waals surface area contributed by atoms with E-state index < -0.39 is 0 Å². The van der Waals surface area contributed by atoms with Gasteiger partial charge in [0.15, 0.2) is 5.82 Å². The molecule has 0 radical (unpaired) electrons. The van der Waals surface area contributed by atoms with Gasteiger partial charge < -0.3 is 5.43 Å². The zero-order chi connectivity index (χ0) is 18.1. The predicted octanol–water partition coefficient (Wildman–Crippen LogP) is 5.03. The maximum Gasteiger partial charge on any atom is 0.153 e. The number of halogens is 2. The second kappa shape index (κ2) is 6.99. The van der Waals surface area contributed by atoms with E-state index in [9.17, 15) is 4.39 Å². The maximum atomic E-state index is 13.2. The molecule has 4 nitrogen and oxygen atoms in total. The van der Waals surface area contributed by atoms with E-state index in [-0.39, 0.29) is 5.82 Å². The maximum absolute atomic E-state index is 13.2. The SMILES string of the molecule is NNc1nc(Cc2ccc(Cl)cc2)nc2scc(-c3ccc(F)cc3)c12. The van der Waals surface area contributed by atoms with E-state index in [2.05, 4.69) is 15.4 Å². The topological polar surface area (TPSA) is 63.8 Å². The molecule has 0 fully saturated rings. The second-order valence-corrected chi connectivity index (χ2v) is 7.07. The number of hydrogen-bond acceptors (Lipinski definition) is 5. The van der Waals surface area contributed by atoms with Gasteiger partial charge in [-0.05, 0) is 35.4 Å². The summed E-state index contributed by atoms with van der Waals surface area (Å²) in [6.45, 7) is 0. The Morgan fingerprint density at radius 3 is 2.46 bits per heavy atom. The third-order valence-electron chi connectivity index (χ3n) is 4.05. The Kier molecular flexibility index (Phi) is 4.55. The molecule has 7 heteroatoms. The van der Waals surface area contributed by atoms with Gasteiger partial charge in [-0.25, -0.2) is 20.2 Å². The number of hydrogen-bond donors (Lipinski definition) is 2. The first-order chi connectivity index (χ1) is 12.6. The van der Waals surface area contributed by atoms with Gasteiger partial charge in [0.25, 0.3) is 0 Å². The number of thiophene rings is 1. The van der Waals surface area contributed by atoms with Crippen molar-refractivity contribution in [2.75, 3.05) is 5.43 Å². The van der Waals surface area contributed by atoms with E-state index >= 15 is 0 Å². The Morgan fingerprint density at radius 1 is 1.04 bits per heavy atom.